The van der Waals surface area contributed by atoms with E-state index in [0.717, 1.165) is 62.0 Å². The summed E-state index contributed by atoms with van der Waals surface area (Å²) in [5.74, 6) is -3.97. The molecule has 0 unspecified atom stereocenters. The minimum Gasteiger partial charge on any atom is -0.299 e. The van der Waals surface area contributed by atoms with E-state index in [-0.39, 0.29) is 5.41 Å². The van der Waals surface area contributed by atoms with Crippen LogP contribution in [-0.4, -0.2) is 17.3 Å². The zero-order valence-corrected chi connectivity index (χ0v) is 24.4. The maximum Gasteiger partial charge on any atom is 0.176 e. The molecule has 0 aliphatic heterocycles. The van der Waals surface area contributed by atoms with Gasteiger partial charge in [-0.15, -0.1) is 23.5 Å². The molecule has 0 heterocycles. The van der Waals surface area contributed by atoms with Crippen LogP contribution in [0.25, 0.3) is 0 Å². The molecule has 208 valence electrons. The number of hydrogen-bond donors (Lipinski definition) is 0. The van der Waals surface area contributed by atoms with Gasteiger partial charge in [-0.25, -0.2) is 17.6 Å². The minimum absolute atomic E-state index is 0.204. The molecule has 0 atom stereocenters. The van der Waals surface area contributed by atoms with Crippen LogP contribution in [0.3, 0.4) is 0 Å². The van der Waals surface area contributed by atoms with E-state index in [1.807, 2.05) is 20.8 Å². The third-order valence-corrected chi connectivity index (χ3v) is 8.43. The molecule has 0 fully saturated rings. The molecular weight excluding hydrogens is 504 g/mol. The van der Waals surface area contributed by atoms with Crippen molar-refractivity contribution in [1.29, 1.82) is 0 Å². The highest BCUT2D eigenvalue weighted by atomic mass is 32.2. The van der Waals surface area contributed by atoms with Crippen molar-refractivity contribution in [2.45, 2.75) is 134 Å². The normalized spacial score (nSPS) is 11.9. The van der Waals surface area contributed by atoms with Gasteiger partial charge < -0.3 is 0 Å². The second-order valence-corrected chi connectivity index (χ2v) is 12.9. The Morgan fingerprint density at radius 1 is 0.583 bits per heavy atom. The van der Waals surface area contributed by atoms with Crippen LogP contribution >= 0.6 is 23.5 Å². The van der Waals surface area contributed by atoms with Gasteiger partial charge in [0.2, 0.25) is 0 Å². The summed E-state index contributed by atoms with van der Waals surface area (Å²) in [6.07, 6.45) is 16.8. The Morgan fingerprint density at radius 2 is 0.917 bits per heavy atom. The third-order valence-electron chi connectivity index (χ3n) is 6.35. The van der Waals surface area contributed by atoms with Crippen LogP contribution in [0.5, 0.6) is 0 Å². The molecule has 1 aromatic rings. The Morgan fingerprint density at radius 3 is 1.28 bits per heavy atom. The van der Waals surface area contributed by atoms with Crippen molar-refractivity contribution in [3.8, 4) is 0 Å². The number of thioether (sulfide) groups is 2. The number of hydrogen-bond acceptors (Lipinski definition) is 3. The van der Waals surface area contributed by atoms with Gasteiger partial charge in [0.1, 0.15) is 5.78 Å². The van der Waals surface area contributed by atoms with Crippen molar-refractivity contribution in [3.05, 3.63) is 23.3 Å². The lowest BCUT2D eigenvalue weighted by Gasteiger charge is -2.16. The molecule has 0 N–H and O–H groups in total. The Bertz CT molecular complexity index is 749. The van der Waals surface area contributed by atoms with Crippen molar-refractivity contribution < 1.29 is 22.4 Å². The average Bonchev–Trinajstić information content (AvgIpc) is 2.83. The predicted octanol–water partition coefficient (Wildman–Crippen LogP) is 10.9. The van der Waals surface area contributed by atoms with Crippen LogP contribution in [0, 0.1) is 28.7 Å². The fraction of sp³-hybridized carbons (Fsp3) is 0.759. The number of rotatable bonds is 20. The van der Waals surface area contributed by atoms with Crippen molar-refractivity contribution in [2.24, 2.45) is 5.41 Å². The number of Topliss-reactive ketones (excluding diaryl/α,β-unsaturated/α-hetero) is 1. The second kappa shape index (κ2) is 18.5. The first-order chi connectivity index (χ1) is 17.1. The summed E-state index contributed by atoms with van der Waals surface area (Å²) in [7, 11) is 0. The largest absolute Gasteiger partial charge is 0.299 e. The van der Waals surface area contributed by atoms with Gasteiger partial charge in [-0.05, 0) is 24.3 Å². The molecule has 0 spiro atoms. The first-order valence-corrected chi connectivity index (χ1v) is 15.7. The van der Waals surface area contributed by atoms with Crippen LogP contribution in [0.2, 0.25) is 0 Å². The van der Waals surface area contributed by atoms with Gasteiger partial charge in [-0.3, -0.25) is 4.79 Å². The zero-order chi connectivity index (χ0) is 27.0. The monoisotopic (exact) mass is 550 g/mol. The molecule has 36 heavy (non-hydrogen) atoms. The van der Waals surface area contributed by atoms with Gasteiger partial charge in [0.05, 0.1) is 9.79 Å². The molecule has 0 aliphatic rings. The van der Waals surface area contributed by atoms with Gasteiger partial charge in [0.15, 0.2) is 23.3 Å². The number of halogens is 4. The summed E-state index contributed by atoms with van der Waals surface area (Å²) < 4.78 is 56.4. The Hall–Kier alpha value is -0.690. The smallest absolute Gasteiger partial charge is 0.176 e. The molecule has 1 aromatic carbocycles. The molecule has 1 rings (SSSR count). The fourth-order valence-electron chi connectivity index (χ4n) is 4.05. The van der Waals surface area contributed by atoms with Crippen molar-refractivity contribution in [3.63, 3.8) is 0 Å². The average molecular weight is 551 g/mol. The lowest BCUT2D eigenvalue weighted by atomic mass is 9.88. The highest BCUT2D eigenvalue weighted by Gasteiger charge is 2.25. The molecule has 1 nitrogen and oxygen atoms in total. The number of ketones is 1. The summed E-state index contributed by atoms with van der Waals surface area (Å²) >= 11 is 1.63. The first-order valence-electron chi connectivity index (χ1n) is 13.8. The molecule has 0 saturated carbocycles. The lowest BCUT2D eigenvalue weighted by molar-refractivity contribution is -0.126. The van der Waals surface area contributed by atoms with Gasteiger partial charge >= 0.3 is 0 Å². The summed E-state index contributed by atoms with van der Waals surface area (Å²) in [6.45, 7) is 7.64. The second-order valence-electron chi connectivity index (χ2n) is 10.6. The minimum atomic E-state index is -1.28. The van der Waals surface area contributed by atoms with E-state index in [2.05, 4.69) is 0 Å². The molecule has 7 heteroatoms. The Labute approximate surface area is 225 Å². The lowest BCUT2D eigenvalue weighted by Crippen LogP contribution is -2.19. The molecular formula is C29H46F4OS2. The summed E-state index contributed by atoms with van der Waals surface area (Å²) in [5, 5.41) is 0. The summed E-state index contributed by atoms with van der Waals surface area (Å²) in [6, 6.07) is 0. The van der Waals surface area contributed by atoms with Crippen molar-refractivity contribution >= 4 is 29.3 Å². The predicted molar refractivity (Wildman–Crippen MR) is 147 cm³/mol. The fourth-order valence-corrected chi connectivity index (χ4v) is 5.75. The van der Waals surface area contributed by atoms with Crippen molar-refractivity contribution in [1.82, 2.24) is 0 Å². The van der Waals surface area contributed by atoms with Gasteiger partial charge in [0, 0.05) is 11.8 Å². The Kier molecular flexibility index (Phi) is 17.2. The maximum absolute atomic E-state index is 14.2. The van der Waals surface area contributed by atoms with Gasteiger partial charge in [0.25, 0.3) is 0 Å². The van der Waals surface area contributed by atoms with E-state index in [0.29, 0.717) is 23.7 Å². The number of unbranched alkanes of at least 4 members (excludes halogenated alkanes) is 13. The van der Waals surface area contributed by atoms with Gasteiger partial charge in [-0.2, -0.15) is 0 Å². The van der Waals surface area contributed by atoms with Crippen LogP contribution in [0.4, 0.5) is 17.6 Å². The standard InChI is InChI=1S/C29H46F4OS2/c1-5-35-27-23(30)25(32)28(26(33)24(27)31)36-21-19-17-15-13-11-9-7-6-8-10-12-14-16-18-20-22(34)29(2,3)4/h5-21H2,1-4H3. The highest BCUT2D eigenvalue weighted by molar-refractivity contribution is 7.99. The topological polar surface area (TPSA) is 17.1 Å². The molecule has 0 bridgehead atoms. The third kappa shape index (κ3) is 12.7. The number of carbonyl (C=O) groups excluding carboxylic acids is 1. The van der Waals surface area contributed by atoms with Crippen LogP contribution in [0.15, 0.2) is 9.79 Å². The van der Waals surface area contributed by atoms with Crippen LogP contribution in [0.1, 0.15) is 124 Å². The summed E-state index contributed by atoms with van der Waals surface area (Å²) in [5.41, 5.74) is -0.204. The maximum atomic E-state index is 14.2. The van der Waals surface area contributed by atoms with E-state index < -0.39 is 33.1 Å². The number of carbonyl (C=O) groups is 1. The van der Waals surface area contributed by atoms with Gasteiger partial charge in [-0.1, -0.05) is 105 Å². The van der Waals surface area contributed by atoms with Crippen LogP contribution < -0.4 is 0 Å². The molecule has 0 radical (unpaired) electrons. The van der Waals surface area contributed by atoms with E-state index in [1.54, 1.807) is 6.92 Å². The van der Waals surface area contributed by atoms with E-state index in [9.17, 15) is 22.4 Å². The van der Waals surface area contributed by atoms with Crippen LogP contribution in [-0.2, 0) is 4.79 Å². The SMILES string of the molecule is CCSc1c(F)c(F)c(SCCCCCCCCCCCCCCCCC(=O)C(C)(C)C)c(F)c1F. The molecule has 0 saturated heterocycles. The molecule has 0 aliphatic carbocycles. The van der Waals surface area contributed by atoms with E-state index in [4.69, 9.17) is 0 Å². The van der Waals surface area contributed by atoms with E-state index in [1.165, 1.54) is 51.4 Å². The first kappa shape index (κ1) is 33.3. The highest BCUT2D eigenvalue weighted by Crippen LogP contribution is 2.36. The molecule has 0 amide bonds. The van der Waals surface area contributed by atoms with E-state index >= 15 is 0 Å². The molecule has 0 aromatic heterocycles. The number of benzene rings is 1. The summed E-state index contributed by atoms with van der Waals surface area (Å²) in [4.78, 5) is 10.8. The quantitative estimate of drug-likeness (QED) is 0.0695. The zero-order valence-electron chi connectivity index (χ0n) is 22.8. The Balaban J connectivity index is 1.99. The van der Waals surface area contributed by atoms with Crippen molar-refractivity contribution in [2.75, 3.05) is 11.5 Å².